The molecule has 0 spiro atoms. The molecule has 0 aliphatic carbocycles. The van der Waals surface area contributed by atoms with Crippen molar-refractivity contribution in [2.75, 3.05) is 41.7 Å². The number of nitrogens with one attached hydrogen (secondary N) is 2. The number of benzene rings is 2. The topological polar surface area (TPSA) is 99.7 Å². The van der Waals surface area contributed by atoms with Crippen LogP contribution in [0, 0.1) is 5.82 Å². The largest absolute Gasteiger partial charge is 0.444 e. The minimum Gasteiger partial charge on any atom is -0.444 e. The fourth-order valence-corrected chi connectivity index (χ4v) is 4.27. The molecule has 2 amide bonds. The van der Waals surface area contributed by atoms with E-state index in [4.69, 9.17) is 4.74 Å². The number of halogens is 1. The Kier molecular flexibility index (Phi) is 7.55. The van der Waals surface area contributed by atoms with Crippen LogP contribution in [0.5, 0.6) is 0 Å². The summed E-state index contributed by atoms with van der Waals surface area (Å²) in [6, 6.07) is 9.49. The minimum atomic E-state index is -0.764. The number of rotatable bonds is 4. The number of fused-ring (bicyclic) bond motifs is 1. The van der Waals surface area contributed by atoms with Crippen LogP contribution in [0.1, 0.15) is 52.0 Å². The number of carbonyl (C=O) groups excluding carboxylic acids is 2. The second-order valence-electron chi connectivity index (χ2n) is 11.3. The van der Waals surface area contributed by atoms with Gasteiger partial charge in [0.05, 0.1) is 28.6 Å². The van der Waals surface area contributed by atoms with E-state index in [9.17, 15) is 14.0 Å². The number of nitrogens with zero attached hydrogens (tertiary/aromatic N) is 4. The monoisotopic (exact) mass is 522 g/mol. The molecule has 1 aliphatic rings. The Labute approximate surface area is 222 Å². The maximum Gasteiger partial charge on any atom is 0.412 e. The van der Waals surface area contributed by atoms with Crippen LogP contribution in [0.15, 0.2) is 42.6 Å². The second kappa shape index (κ2) is 10.5. The van der Waals surface area contributed by atoms with E-state index in [1.54, 1.807) is 20.8 Å². The molecule has 1 fully saturated rings. The Hall–Kier alpha value is -3.79. The summed E-state index contributed by atoms with van der Waals surface area (Å²) in [5.74, 6) is -1.11. The minimum absolute atomic E-state index is 0.0672. The molecule has 0 saturated carbocycles. The van der Waals surface area contributed by atoms with Gasteiger partial charge in [-0.15, -0.1) is 0 Å². The first-order valence-corrected chi connectivity index (χ1v) is 12.7. The van der Waals surface area contributed by atoms with Crippen molar-refractivity contribution in [1.82, 2.24) is 14.9 Å². The van der Waals surface area contributed by atoms with Gasteiger partial charge in [0.2, 0.25) is 0 Å². The summed E-state index contributed by atoms with van der Waals surface area (Å²) in [5.41, 5.74) is 2.12. The van der Waals surface area contributed by atoms with Crippen molar-refractivity contribution < 1.29 is 18.7 Å². The molecule has 3 aromatic rings. The summed E-state index contributed by atoms with van der Waals surface area (Å²) in [7, 11) is 0. The quantitative estimate of drug-likeness (QED) is 0.480. The lowest BCUT2D eigenvalue weighted by atomic mass is 10.0. The summed E-state index contributed by atoms with van der Waals surface area (Å²) in [6.07, 6.45) is 0.642. The Bertz CT molecular complexity index is 1340. The van der Waals surface area contributed by atoms with E-state index in [-0.39, 0.29) is 22.6 Å². The van der Waals surface area contributed by atoms with Crippen LogP contribution in [0.3, 0.4) is 0 Å². The first-order chi connectivity index (χ1) is 17.8. The van der Waals surface area contributed by atoms with Gasteiger partial charge in [-0.1, -0.05) is 0 Å². The summed E-state index contributed by atoms with van der Waals surface area (Å²) in [5, 5.41) is 5.16. The maximum absolute atomic E-state index is 13.9. The fraction of sp³-hybridized carbons (Fsp3) is 0.429. The Morgan fingerprint density at radius 2 is 1.61 bits per heavy atom. The second-order valence-corrected chi connectivity index (χ2v) is 11.3. The molecule has 38 heavy (non-hydrogen) atoms. The number of aromatic nitrogens is 2. The fourth-order valence-electron chi connectivity index (χ4n) is 4.27. The predicted molar refractivity (Wildman–Crippen MR) is 147 cm³/mol. The van der Waals surface area contributed by atoms with Gasteiger partial charge >= 0.3 is 6.09 Å². The number of carbonyl (C=O) groups is 2. The molecule has 2 heterocycles. The van der Waals surface area contributed by atoms with Crippen LogP contribution in [0.25, 0.3) is 11.0 Å². The van der Waals surface area contributed by atoms with E-state index >= 15 is 0 Å². The third kappa shape index (κ3) is 6.74. The van der Waals surface area contributed by atoms with Crippen molar-refractivity contribution in [3.8, 4) is 0 Å². The molecule has 202 valence electrons. The first-order valence-electron chi connectivity index (χ1n) is 12.7. The van der Waals surface area contributed by atoms with Crippen LogP contribution in [0.2, 0.25) is 0 Å². The van der Waals surface area contributed by atoms with Crippen LogP contribution in [-0.2, 0) is 4.74 Å². The van der Waals surface area contributed by atoms with Gasteiger partial charge in [0.15, 0.2) is 0 Å². The summed E-state index contributed by atoms with van der Waals surface area (Å²) >= 11 is 0. The van der Waals surface area contributed by atoms with Crippen molar-refractivity contribution in [2.45, 2.75) is 52.7 Å². The van der Waals surface area contributed by atoms with Crippen molar-refractivity contribution in [1.29, 1.82) is 0 Å². The third-order valence-corrected chi connectivity index (χ3v) is 6.22. The predicted octanol–water partition coefficient (Wildman–Crippen LogP) is 5.29. The third-order valence-electron chi connectivity index (χ3n) is 6.22. The number of piperazine rings is 1. The molecule has 1 aliphatic heterocycles. The molecular weight excluding hydrogens is 487 g/mol. The number of anilines is 3. The van der Waals surface area contributed by atoms with E-state index in [0.29, 0.717) is 11.0 Å². The number of hydrogen-bond donors (Lipinski definition) is 2. The van der Waals surface area contributed by atoms with E-state index in [1.807, 2.05) is 18.2 Å². The average molecular weight is 523 g/mol. The van der Waals surface area contributed by atoms with Gasteiger partial charge < -0.3 is 15.0 Å². The normalized spacial score (nSPS) is 14.9. The van der Waals surface area contributed by atoms with Gasteiger partial charge in [0.1, 0.15) is 17.1 Å². The van der Waals surface area contributed by atoms with E-state index in [2.05, 4.69) is 51.2 Å². The molecule has 2 aromatic carbocycles. The van der Waals surface area contributed by atoms with Gasteiger partial charge in [0.25, 0.3) is 5.91 Å². The summed E-state index contributed by atoms with van der Waals surface area (Å²) in [4.78, 5) is 38.9. The molecule has 1 saturated heterocycles. The number of hydrogen-bond acceptors (Lipinski definition) is 7. The molecule has 0 radical (unpaired) electrons. The average Bonchev–Trinajstić information content (AvgIpc) is 2.83. The molecular formula is C28H35FN6O3. The first kappa shape index (κ1) is 27.3. The van der Waals surface area contributed by atoms with Crippen LogP contribution >= 0.6 is 0 Å². The molecule has 0 unspecified atom stereocenters. The van der Waals surface area contributed by atoms with E-state index < -0.39 is 23.4 Å². The highest BCUT2D eigenvalue weighted by molar-refractivity contribution is 6.06. The zero-order valence-electron chi connectivity index (χ0n) is 22.8. The van der Waals surface area contributed by atoms with Gasteiger partial charge in [-0.3, -0.25) is 20.0 Å². The zero-order valence-corrected chi connectivity index (χ0v) is 22.8. The van der Waals surface area contributed by atoms with Crippen LogP contribution < -0.4 is 15.5 Å². The van der Waals surface area contributed by atoms with Crippen molar-refractivity contribution in [3.63, 3.8) is 0 Å². The highest BCUT2D eigenvalue weighted by Gasteiger charge is 2.26. The summed E-state index contributed by atoms with van der Waals surface area (Å²) < 4.78 is 19.1. The van der Waals surface area contributed by atoms with Crippen molar-refractivity contribution in [3.05, 3.63) is 54.1 Å². The smallest absolute Gasteiger partial charge is 0.412 e. The molecule has 0 atom stereocenters. The standard InChI is InChI=1S/C28H35FN6O3/c1-27(2,3)35-13-11-34(12-14-35)19-8-10-20-22(16-19)30-17-24(31-20)25(36)32-21-9-7-18(29)15-23(21)33-26(37)38-28(4,5)6/h7-10,15-17H,11-14H2,1-6H3,(H,32,36)(H,33,37). The lowest BCUT2D eigenvalue weighted by Gasteiger charge is -2.43. The zero-order chi connectivity index (χ0) is 27.7. The molecule has 4 rings (SSSR count). The van der Waals surface area contributed by atoms with Gasteiger partial charge in [-0.2, -0.15) is 0 Å². The van der Waals surface area contributed by atoms with Gasteiger partial charge in [-0.25, -0.2) is 14.2 Å². The Morgan fingerprint density at radius 3 is 2.26 bits per heavy atom. The lowest BCUT2D eigenvalue weighted by molar-refractivity contribution is 0.0635. The maximum atomic E-state index is 13.9. The van der Waals surface area contributed by atoms with Gasteiger partial charge in [0, 0.05) is 37.4 Å². The molecule has 0 bridgehead atoms. The Balaban J connectivity index is 1.47. The number of ether oxygens (including phenoxy) is 1. The molecule has 10 heteroatoms. The van der Waals surface area contributed by atoms with E-state index in [1.165, 1.54) is 18.3 Å². The molecule has 9 nitrogen and oxygen atoms in total. The highest BCUT2D eigenvalue weighted by atomic mass is 19.1. The summed E-state index contributed by atoms with van der Waals surface area (Å²) in [6.45, 7) is 15.7. The van der Waals surface area contributed by atoms with E-state index in [0.717, 1.165) is 37.9 Å². The lowest BCUT2D eigenvalue weighted by Crippen LogP contribution is -2.53. The SMILES string of the molecule is CC(C)(C)OC(=O)Nc1cc(F)ccc1NC(=O)c1cnc2cc(N3CCN(C(C)(C)C)CC3)ccc2n1. The van der Waals surface area contributed by atoms with Crippen LogP contribution in [0.4, 0.5) is 26.2 Å². The van der Waals surface area contributed by atoms with Gasteiger partial charge in [-0.05, 0) is 77.9 Å². The molecule has 1 aromatic heterocycles. The van der Waals surface area contributed by atoms with Crippen LogP contribution in [-0.4, -0.2) is 64.2 Å². The van der Waals surface area contributed by atoms with Crippen molar-refractivity contribution >= 4 is 40.1 Å². The number of amides is 2. The van der Waals surface area contributed by atoms with Crippen molar-refractivity contribution in [2.24, 2.45) is 0 Å². The Morgan fingerprint density at radius 1 is 0.895 bits per heavy atom. The highest BCUT2D eigenvalue weighted by Crippen LogP contribution is 2.26. The molecule has 2 N–H and O–H groups in total.